The molecule has 4 aromatic carbocycles. The molecule has 188 valence electrons. The third-order valence-corrected chi connectivity index (χ3v) is 9.97. The molecule has 0 saturated carbocycles. The number of rotatable bonds is 4. The van der Waals surface area contributed by atoms with Crippen LogP contribution in [0.5, 0.6) is 0 Å². The lowest BCUT2D eigenvalue weighted by molar-refractivity contribution is -0.727. The van der Waals surface area contributed by atoms with Crippen LogP contribution in [0.2, 0.25) is 0 Å². The van der Waals surface area contributed by atoms with Gasteiger partial charge in [-0.25, -0.2) is 0 Å². The molecule has 1 aliphatic heterocycles. The lowest BCUT2D eigenvalue weighted by Crippen LogP contribution is -2.58. The first-order valence-electron chi connectivity index (χ1n) is 14.2. The highest BCUT2D eigenvalue weighted by atomic mass is 15.1. The molecule has 1 heteroatoms. The fourth-order valence-electron chi connectivity index (χ4n) is 8.14. The van der Waals surface area contributed by atoms with Gasteiger partial charge in [0, 0.05) is 29.4 Å². The van der Waals surface area contributed by atoms with Crippen molar-refractivity contribution in [2.24, 2.45) is 0 Å². The van der Waals surface area contributed by atoms with Crippen molar-refractivity contribution in [2.45, 2.75) is 63.3 Å². The minimum atomic E-state index is -0.224. The van der Waals surface area contributed by atoms with Gasteiger partial charge in [-0.2, -0.15) is 4.57 Å². The summed E-state index contributed by atoms with van der Waals surface area (Å²) in [4.78, 5) is 0. The third-order valence-electron chi connectivity index (χ3n) is 9.97. The summed E-state index contributed by atoms with van der Waals surface area (Å²) < 4.78 is 2.65. The average Bonchev–Trinajstić information content (AvgIpc) is 3.21. The lowest BCUT2D eigenvalue weighted by atomic mass is 9.67. The van der Waals surface area contributed by atoms with E-state index in [9.17, 15) is 0 Å². The van der Waals surface area contributed by atoms with Gasteiger partial charge in [-0.1, -0.05) is 119 Å². The van der Waals surface area contributed by atoms with Crippen molar-refractivity contribution in [1.82, 2.24) is 0 Å². The molecule has 0 saturated heterocycles. The van der Waals surface area contributed by atoms with Gasteiger partial charge in [0.15, 0.2) is 11.7 Å². The minimum Gasteiger partial charge on any atom is -0.188 e. The molecule has 2 heterocycles. The van der Waals surface area contributed by atoms with Crippen molar-refractivity contribution in [3.8, 4) is 0 Å². The van der Waals surface area contributed by atoms with E-state index in [1.54, 1.807) is 0 Å². The van der Waals surface area contributed by atoms with Crippen molar-refractivity contribution in [3.63, 3.8) is 0 Å². The number of fused-ring (bicyclic) bond motifs is 2. The number of hydrogen-bond donors (Lipinski definition) is 0. The number of pyridine rings is 1. The summed E-state index contributed by atoms with van der Waals surface area (Å²) in [6, 6.07) is 34.0. The molecule has 0 amide bonds. The van der Waals surface area contributed by atoms with Crippen molar-refractivity contribution in [1.29, 1.82) is 0 Å². The molecule has 5 aromatic rings. The van der Waals surface area contributed by atoms with E-state index in [1.807, 2.05) is 0 Å². The van der Waals surface area contributed by atoms with Crippen molar-refractivity contribution < 1.29 is 4.57 Å². The zero-order valence-electron chi connectivity index (χ0n) is 23.0. The Morgan fingerprint density at radius 1 is 0.763 bits per heavy atom. The zero-order valence-corrected chi connectivity index (χ0v) is 23.0. The molecule has 1 aliphatic carbocycles. The van der Waals surface area contributed by atoms with Gasteiger partial charge >= 0.3 is 0 Å². The van der Waals surface area contributed by atoms with Crippen molar-refractivity contribution in [3.05, 3.63) is 132 Å². The van der Waals surface area contributed by atoms with Crippen LogP contribution in [0.3, 0.4) is 0 Å². The molecule has 1 aromatic heterocycles. The predicted molar refractivity (Wildman–Crippen MR) is 160 cm³/mol. The molecular formula is C37H36N+. The number of hydrogen-bond acceptors (Lipinski definition) is 0. The van der Waals surface area contributed by atoms with E-state index in [-0.39, 0.29) is 16.4 Å². The third kappa shape index (κ3) is 2.75. The van der Waals surface area contributed by atoms with Crippen molar-refractivity contribution in [2.75, 3.05) is 0 Å². The number of benzene rings is 4. The Morgan fingerprint density at radius 2 is 1.39 bits per heavy atom. The molecule has 1 nitrogen and oxygen atoms in total. The van der Waals surface area contributed by atoms with Gasteiger partial charge in [0.1, 0.15) is 0 Å². The summed E-state index contributed by atoms with van der Waals surface area (Å²) in [6.07, 6.45) is 5.62. The number of nitrogens with zero attached hydrogens (tertiary/aromatic N) is 1. The fraction of sp³-hybridized carbons (Fsp3) is 0.270. The van der Waals surface area contributed by atoms with Crippen LogP contribution >= 0.6 is 0 Å². The molecule has 2 aliphatic rings. The summed E-state index contributed by atoms with van der Waals surface area (Å²) in [5.41, 5.74) is 9.31. The molecule has 0 radical (unpaired) electrons. The largest absolute Gasteiger partial charge is 0.222 e. The van der Waals surface area contributed by atoms with Gasteiger partial charge in [0.25, 0.3) is 0 Å². The second-order valence-electron chi connectivity index (χ2n) is 12.1. The van der Waals surface area contributed by atoms with E-state index in [2.05, 4.69) is 129 Å². The van der Waals surface area contributed by atoms with Crippen LogP contribution in [-0.4, -0.2) is 0 Å². The van der Waals surface area contributed by atoms with Crippen LogP contribution in [0.1, 0.15) is 74.8 Å². The van der Waals surface area contributed by atoms with Gasteiger partial charge in [-0.05, 0) is 45.5 Å². The second kappa shape index (κ2) is 7.90. The van der Waals surface area contributed by atoms with E-state index in [0.29, 0.717) is 0 Å². The first kappa shape index (κ1) is 23.4. The first-order chi connectivity index (χ1) is 18.4. The topological polar surface area (TPSA) is 3.88 Å². The molecule has 0 atom stereocenters. The summed E-state index contributed by atoms with van der Waals surface area (Å²) in [5, 5.41) is 4.04. The Bertz CT molecular complexity index is 1700. The smallest absolute Gasteiger partial charge is 0.188 e. The van der Waals surface area contributed by atoms with Crippen LogP contribution < -0.4 is 4.57 Å². The normalized spacial score (nSPS) is 18.3. The van der Waals surface area contributed by atoms with E-state index < -0.39 is 0 Å². The second-order valence-corrected chi connectivity index (χ2v) is 12.1. The minimum absolute atomic E-state index is 0.000809. The molecule has 0 fully saturated rings. The maximum atomic E-state index is 4.75. The maximum absolute atomic E-state index is 4.75. The van der Waals surface area contributed by atoms with Crippen LogP contribution in [0, 0.1) is 0 Å². The Balaban J connectivity index is 1.74. The molecule has 7 rings (SSSR count). The highest BCUT2D eigenvalue weighted by molar-refractivity contribution is 6.12. The van der Waals surface area contributed by atoms with Crippen LogP contribution in [-0.2, 0) is 16.4 Å². The Hall–Kier alpha value is -3.71. The quantitative estimate of drug-likeness (QED) is 0.174. The van der Waals surface area contributed by atoms with Gasteiger partial charge < -0.3 is 0 Å². The highest BCUT2D eigenvalue weighted by Gasteiger charge is 2.55. The summed E-state index contributed by atoms with van der Waals surface area (Å²) in [6.45, 7) is 14.3. The lowest BCUT2D eigenvalue weighted by Gasteiger charge is -2.36. The van der Waals surface area contributed by atoms with E-state index >= 15 is 0 Å². The Labute approximate surface area is 226 Å². The molecule has 38 heavy (non-hydrogen) atoms. The van der Waals surface area contributed by atoms with Crippen molar-refractivity contribution >= 4 is 27.2 Å². The fourth-order valence-corrected chi connectivity index (χ4v) is 8.14. The summed E-state index contributed by atoms with van der Waals surface area (Å²) >= 11 is 0. The van der Waals surface area contributed by atoms with Gasteiger partial charge in [-0.3, -0.25) is 0 Å². The molecule has 0 N–H and O–H groups in total. The van der Waals surface area contributed by atoms with E-state index in [4.69, 9.17) is 6.58 Å². The monoisotopic (exact) mass is 494 g/mol. The molecule has 0 spiro atoms. The zero-order chi connectivity index (χ0) is 26.3. The van der Waals surface area contributed by atoms with Crippen LogP contribution in [0.25, 0.3) is 27.2 Å². The SMILES string of the molecule is C=C1c2cccc3ccc4c5c(c[n+](c4c23)C1(CC)CC)C(C)(C)CC5(c1ccccc1)c1ccccc1. The van der Waals surface area contributed by atoms with E-state index in [0.717, 1.165) is 19.3 Å². The first-order valence-corrected chi connectivity index (χ1v) is 14.2. The van der Waals surface area contributed by atoms with Gasteiger partial charge in [0.05, 0.1) is 10.8 Å². The standard InChI is InChI=1S/C37H36N/c1-6-36(7-2)25(3)29-20-14-15-26-21-22-30-33-31(23-38(36)34(30)32(26)29)35(4,5)24-37(33,27-16-10-8-11-17-27)28-18-12-9-13-19-28/h8-23H,3,6-7,24H2,1-2,4-5H3/q+1. The maximum Gasteiger partial charge on any atom is 0.222 e. The average molecular weight is 495 g/mol. The van der Waals surface area contributed by atoms with Crippen LogP contribution in [0.4, 0.5) is 0 Å². The Morgan fingerprint density at radius 3 is 2.00 bits per heavy atom. The Kier molecular flexibility index (Phi) is 4.87. The number of aromatic nitrogens is 1. The predicted octanol–water partition coefficient (Wildman–Crippen LogP) is 8.84. The van der Waals surface area contributed by atoms with Crippen LogP contribution in [0.15, 0.2) is 104 Å². The van der Waals surface area contributed by atoms with E-state index in [1.165, 1.54) is 55.1 Å². The highest BCUT2D eigenvalue weighted by Crippen LogP contribution is 2.59. The molecular weight excluding hydrogens is 458 g/mol. The van der Waals surface area contributed by atoms with Gasteiger partial charge in [0.2, 0.25) is 5.52 Å². The van der Waals surface area contributed by atoms with Gasteiger partial charge in [-0.15, -0.1) is 0 Å². The summed E-state index contributed by atoms with van der Waals surface area (Å²) in [7, 11) is 0. The summed E-state index contributed by atoms with van der Waals surface area (Å²) in [5.74, 6) is 0. The number of allylic oxidation sites excluding steroid dienone is 1. The molecule has 0 unspecified atom stereocenters. The molecule has 0 bridgehead atoms.